The van der Waals surface area contributed by atoms with Crippen molar-refractivity contribution in [3.05, 3.63) is 42.2 Å². The molecule has 3 amide bonds. The molecular formula is C24H30FN3O3. The highest BCUT2D eigenvalue weighted by Gasteiger charge is 2.51. The molecule has 31 heavy (non-hydrogen) atoms. The lowest BCUT2D eigenvalue weighted by Gasteiger charge is -2.39. The van der Waals surface area contributed by atoms with E-state index in [0.29, 0.717) is 51.1 Å². The summed E-state index contributed by atoms with van der Waals surface area (Å²) in [5, 5.41) is 0. The Hall–Kier alpha value is -2.70. The summed E-state index contributed by atoms with van der Waals surface area (Å²) in [6.45, 7) is 5.89. The standard InChI is InChI=1S/C24H30FN3O3/c1-16(2)15-21(28-22(29)17-7-3-4-8-18(17)23(28)30)24(31)27-13-11-26(12-14-27)20-10-6-5-9-19(20)25/h3-6,9-10,16-18,21H,7-8,11-15H2,1-2H3. The SMILES string of the molecule is CC(C)CC(C(=O)N1CCN(c2ccccc2F)CC1)N1C(=O)C2CC=CCC2C1=O. The maximum atomic E-state index is 14.1. The number of piperazine rings is 1. The minimum atomic E-state index is -0.759. The molecule has 3 aliphatic rings. The van der Waals surface area contributed by atoms with Crippen LogP contribution < -0.4 is 4.90 Å². The molecule has 4 rings (SSSR count). The highest BCUT2D eigenvalue weighted by molar-refractivity contribution is 6.08. The van der Waals surface area contributed by atoms with Gasteiger partial charge in [0.15, 0.2) is 0 Å². The van der Waals surface area contributed by atoms with Crippen molar-refractivity contribution in [3.63, 3.8) is 0 Å². The quantitative estimate of drug-likeness (QED) is 0.536. The molecule has 0 aromatic heterocycles. The molecule has 2 heterocycles. The van der Waals surface area contributed by atoms with Crippen LogP contribution in [0, 0.1) is 23.6 Å². The number of likely N-dealkylation sites (tertiary alicyclic amines) is 1. The molecule has 3 atom stereocenters. The van der Waals surface area contributed by atoms with Crippen molar-refractivity contribution in [1.82, 2.24) is 9.80 Å². The third kappa shape index (κ3) is 4.10. The van der Waals surface area contributed by atoms with Crippen LogP contribution in [0.1, 0.15) is 33.1 Å². The van der Waals surface area contributed by atoms with Crippen LogP contribution in [0.2, 0.25) is 0 Å². The van der Waals surface area contributed by atoms with E-state index in [2.05, 4.69) is 0 Å². The molecule has 0 saturated carbocycles. The number of fused-ring (bicyclic) bond motifs is 1. The molecule has 166 valence electrons. The second kappa shape index (κ2) is 8.81. The second-order valence-corrected chi connectivity index (χ2v) is 9.11. The molecule has 1 aromatic carbocycles. The maximum absolute atomic E-state index is 14.1. The number of allylic oxidation sites excluding steroid dienone is 2. The van der Waals surface area contributed by atoms with Crippen LogP contribution in [0.25, 0.3) is 0 Å². The number of benzene rings is 1. The number of anilines is 1. The van der Waals surface area contributed by atoms with Gasteiger partial charge in [-0.3, -0.25) is 19.3 Å². The largest absolute Gasteiger partial charge is 0.366 e. The lowest BCUT2D eigenvalue weighted by Crippen LogP contribution is -2.56. The van der Waals surface area contributed by atoms with E-state index in [1.165, 1.54) is 11.0 Å². The summed E-state index contributed by atoms with van der Waals surface area (Å²) in [6, 6.07) is 5.88. The van der Waals surface area contributed by atoms with E-state index in [-0.39, 0.29) is 41.3 Å². The predicted molar refractivity (Wildman–Crippen MR) is 116 cm³/mol. The molecule has 0 radical (unpaired) electrons. The van der Waals surface area contributed by atoms with E-state index in [4.69, 9.17) is 0 Å². The van der Waals surface area contributed by atoms with E-state index >= 15 is 0 Å². The van der Waals surface area contributed by atoms with Gasteiger partial charge in [0.2, 0.25) is 17.7 Å². The molecule has 1 aliphatic carbocycles. The van der Waals surface area contributed by atoms with Crippen molar-refractivity contribution in [3.8, 4) is 0 Å². The Morgan fingerprint density at radius 2 is 1.58 bits per heavy atom. The van der Waals surface area contributed by atoms with Crippen LogP contribution in [-0.4, -0.2) is 59.7 Å². The number of carbonyl (C=O) groups is 3. The highest BCUT2D eigenvalue weighted by atomic mass is 19.1. The summed E-state index contributed by atoms with van der Waals surface area (Å²) >= 11 is 0. The van der Waals surface area contributed by atoms with E-state index in [1.807, 2.05) is 30.9 Å². The monoisotopic (exact) mass is 427 g/mol. The first kappa shape index (κ1) is 21.5. The van der Waals surface area contributed by atoms with Gasteiger partial charge in [-0.15, -0.1) is 0 Å². The van der Waals surface area contributed by atoms with E-state index in [1.54, 1.807) is 23.1 Å². The van der Waals surface area contributed by atoms with Gasteiger partial charge < -0.3 is 9.80 Å². The van der Waals surface area contributed by atoms with Crippen LogP contribution in [0.3, 0.4) is 0 Å². The van der Waals surface area contributed by atoms with Gasteiger partial charge in [-0.25, -0.2) is 4.39 Å². The fourth-order valence-corrected chi connectivity index (χ4v) is 4.98. The first-order valence-electron chi connectivity index (χ1n) is 11.2. The summed E-state index contributed by atoms with van der Waals surface area (Å²) in [5.41, 5.74) is 0.537. The number of amides is 3. The molecule has 3 unspecified atom stereocenters. The Labute approximate surface area is 182 Å². The smallest absolute Gasteiger partial charge is 0.246 e. The molecular weight excluding hydrogens is 397 g/mol. The third-order valence-electron chi connectivity index (χ3n) is 6.62. The van der Waals surface area contributed by atoms with Gasteiger partial charge in [0.1, 0.15) is 11.9 Å². The minimum Gasteiger partial charge on any atom is -0.366 e. The molecule has 6 nitrogen and oxygen atoms in total. The van der Waals surface area contributed by atoms with E-state index < -0.39 is 6.04 Å². The van der Waals surface area contributed by atoms with Crippen molar-refractivity contribution in [2.75, 3.05) is 31.1 Å². The minimum absolute atomic E-state index is 0.162. The van der Waals surface area contributed by atoms with Gasteiger partial charge in [0.05, 0.1) is 17.5 Å². The second-order valence-electron chi connectivity index (χ2n) is 9.11. The molecule has 2 aliphatic heterocycles. The molecule has 2 fully saturated rings. The number of rotatable bonds is 5. The lowest BCUT2D eigenvalue weighted by atomic mass is 9.85. The van der Waals surface area contributed by atoms with Crippen molar-refractivity contribution in [2.45, 2.75) is 39.2 Å². The summed E-state index contributed by atoms with van der Waals surface area (Å²) in [5.74, 6) is -1.36. The average molecular weight is 428 g/mol. The number of halogens is 1. The van der Waals surface area contributed by atoms with Crippen LogP contribution in [-0.2, 0) is 14.4 Å². The maximum Gasteiger partial charge on any atom is 0.246 e. The Bertz CT molecular complexity index is 866. The van der Waals surface area contributed by atoms with Crippen LogP contribution in [0.15, 0.2) is 36.4 Å². The first-order chi connectivity index (χ1) is 14.9. The summed E-state index contributed by atoms with van der Waals surface area (Å²) < 4.78 is 14.1. The van der Waals surface area contributed by atoms with E-state index in [9.17, 15) is 18.8 Å². The summed E-state index contributed by atoms with van der Waals surface area (Å²) in [4.78, 5) is 44.6. The van der Waals surface area contributed by atoms with E-state index in [0.717, 1.165) is 0 Å². The zero-order chi connectivity index (χ0) is 22.1. The number of imide groups is 1. The average Bonchev–Trinajstić information content (AvgIpc) is 3.02. The molecule has 1 aromatic rings. The zero-order valence-electron chi connectivity index (χ0n) is 18.2. The first-order valence-corrected chi connectivity index (χ1v) is 11.2. The fourth-order valence-electron chi connectivity index (χ4n) is 4.98. The topological polar surface area (TPSA) is 60.9 Å². The normalized spacial score (nSPS) is 24.7. The number of carbonyl (C=O) groups excluding carboxylic acids is 3. The van der Waals surface area contributed by atoms with Crippen molar-refractivity contribution in [1.29, 1.82) is 0 Å². The highest BCUT2D eigenvalue weighted by Crippen LogP contribution is 2.37. The molecule has 0 spiro atoms. The van der Waals surface area contributed by atoms with Crippen LogP contribution >= 0.6 is 0 Å². The number of hydrogen-bond acceptors (Lipinski definition) is 4. The van der Waals surface area contributed by atoms with Crippen molar-refractivity contribution < 1.29 is 18.8 Å². The summed E-state index contributed by atoms with van der Waals surface area (Å²) in [6.07, 6.45) is 5.50. The van der Waals surface area contributed by atoms with Crippen molar-refractivity contribution in [2.24, 2.45) is 17.8 Å². The number of hydrogen-bond donors (Lipinski definition) is 0. The Morgan fingerprint density at radius 3 is 2.13 bits per heavy atom. The number of nitrogens with zero attached hydrogens (tertiary/aromatic N) is 3. The Morgan fingerprint density at radius 1 is 1.00 bits per heavy atom. The molecule has 7 heteroatoms. The van der Waals surface area contributed by atoms with Gasteiger partial charge in [0.25, 0.3) is 0 Å². The van der Waals surface area contributed by atoms with Gasteiger partial charge in [-0.05, 0) is 37.3 Å². The van der Waals surface area contributed by atoms with Gasteiger partial charge in [0, 0.05) is 26.2 Å². The molecule has 0 N–H and O–H groups in total. The van der Waals surface area contributed by atoms with Crippen LogP contribution in [0.5, 0.6) is 0 Å². The van der Waals surface area contributed by atoms with Crippen LogP contribution in [0.4, 0.5) is 10.1 Å². The third-order valence-corrected chi connectivity index (χ3v) is 6.62. The zero-order valence-corrected chi connectivity index (χ0v) is 18.2. The van der Waals surface area contributed by atoms with Crippen molar-refractivity contribution >= 4 is 23.4 Å². The van der Waals surface area contributed by atoms with Gasteiger partial charge in [-0.2, -0.15) is 0 Å². The molecule has 2 saturated heterocycles. The Balaban J connectivity index is 1.49. The predicted octanol–water partition coefficient (Wildman–Crippen LogP) is 2.84. The lowest BCUT2D eigenvalue weighted by molar-refractivity contribution is -0.152. The fraction of sp³-hybridized carbons (Fsp3) is 0.542. The molecule has 0 bridgehead atoms. The number of para-hydroxylation sites is 1. The summed E-state index contributed by atoms with van der Waals surface area (Å²) in [7, 11) is 0. The van der Waals surface area contributed by atoms with Gasteiger partial charge >= 0.3 is 0 Å². The van der Waals surface area contributed by atoms with Gasteiger partial charge in [-0.1, -0.05) is 38.1 Å². The Kier molecular flexibility index (Phi) is 6.12.